The van der Waals surface area contributed by atoms with E-state index in [4.69, 9.17) is 16.3 Å². The summed E-state index contributed by atoms with van der Waals surface area (Å²) in [5.74, 6) is 1.28. The van der Waals surface area contributed by atoms with Gasteiger partial charge in [-0.1, -0.05) is 11.6 Å². The number of ether oxygens (including phenoxy) is 1. The average Bonchev–Trinajstić information content (AvgIpc) is 2.84. The van der Waals surface area contributed by atoms with Gasteiger partial charge in [0.2, 0.25) is 5.88 Å². The standard InChI is InChI=1S/C15H18ClN5O/c1-9(2)22-15-11(4-5-12(16)20-15)19-14-13-10(17-8-18-14)6-7-21(13)3/h4-10,13H,1-3H3,(H,17,18,19). The number of hydrogen-bond donors (Lipinski definition) is 1. The molecule has 6 nitrogen and oxygen atoms in total. The first-order valence-corrected chi connectivity index (χ1v) is 7.52. The highest BCUT2D eigenvalue weighted by Gasteiger charge is 2.33. The van der Waals surface area contributed by atoms with Crippen molar-refractivity contribution in [2.45, 2.75) is 32.0 Å². The molecule has 22 heavy (non-hydrogen) atoms. The fourth-order valence-electron chi connectivity index (χ4n) is 2.47. The van der Waals surface area contributed by atoms with Gasteiger partial charge in [0.05, 0.1) is 12.1 Å². The van der Waals surface area contributed by atoms with Gasteiger partial charge < -0.3 is 15.0 Å². The Kier molecular flexibility index (Phi) is 4.02. The monoisotopic (exact) mass is 319 g/mol. The topological polar surface area (TPSA) is 62.1 Å². The average molecular weight is 320 g/mol. The minimum atomic E-state index is 0.00458. The first kappa shape index (κ1) is 14.8. The number of nitrogens with zero attached hydrogens (tertiary/aromatic N) is 4. The number of nitrogens with one attached hydrogen (secondary N) is 1. The molecule has 2 unspecified atom stereocenters. The molecule has 0 saturated heterocycles. The summed E-state index contributed by atoms with van der Waals surface area (Å²) in [5, 5.41) is 3.71. The van der Waals surface area contributed by atoms with Gasteiger partial charge in [0, 0.05) is 7.05 Å². The molecular formula is C15H18ClN5O. The minimum Gasteiger partial charge on any atom is -0.473 e. The zero-order valence-electron chi connectivity index (χ0n) is 12.7. The molecule has 3 heterocycles. The highest BCUT2D eigenvalue weighted by Crippen LogP contribution is 2.28. The van der Waals surface area contributed by atoms with Crippen LogP contribution in [0.2, 0.25) is 5.15 Å². The number of rotatable bonds is 3. The summed E-state index contributed by atoms with van der Waals surface area (Å²) in [5.41, 5.74) is 0.742. The lowest BCUT2D eigenvalue weighted by atomic mass is 10.1. The molecule has 0 radical (unpaired) electrons. The fraction of sp³-hybridized carbons (Fsp3) is 0.400. The lowest BCUT2D eigenvalue weighted by Crippen LogP contribution is -2.44. The molecule has 1 aromatic heterocycles. The van der Waals surface area contributed by atoms with Crippen LogP contribution in [0.25, 0.3) is 0 Å². The van der Waals surface area contributed by atoms with E-state index < -0.39 is 0 Å². The SMILES string of the molecule is CC(C)Oc1nc(Cl)ccc1NC1=NC=NC2C=CN(C)C12. The van der Waals surface area contributed by atoms with E-state index >= 15 is 0 Å². The number of aromatic nitrogens is 1. The van der Waals surface area contributed by atoms with Crippen molar-refractivity contribution in [3.63, 3.8) is 0 Å². The van der Waals surface area contributed by atoms with Crippen molar-refractivity contribution in [1.82, 2.24) is 9.88 Å². The molecule has 2 aliphatic rings. The summed E-state index contributed by atoms with van der Waals surface area (Å²) in [7, 11) is 2.00. The first-order chi connectivity index (χ1) is 10.5. The van der Waals surface area contributed by atoms with Crippen LogP contribution in [0, 0.1) is 0 Å². The van der Waals surface area contributed by atoms with E-state index in [1.165, 1.54) is 0 Å². The van der Waals surface area contributed by atoms with Crippen LogP contribution in [0.3, 0.4) is 0 Å². The summed E-state index contributed by atoms with van der Waals surface area (Å²) in [6.07, 6.45) is 5.66. The lowest BCUT2D eigenvalue weighted by molar-refractivity contribution is 0.234. The van der Waals surface area contributed by atoms with Crippen molar-refractivity contribution in [3.05, 3.63) is 29.6 Å². The van der Waals surface area contributed by atoms with Gasteiger partial charge in [-0.2, -0.15) is 4.98 Å². The number of hydrogen-bond acceptors (Lipinski definition) is 6. The van der Waals surface area contributed by atoms with Gasteiger partial charge in [0.15, 0.2) is 0 Å². The molecular weight excluding hydrogens is 302 g/mol. The normalized spacial score (nSPS) is 22.8. The van der Waals surface area contributed by atoms with Gasteiger partial charge >= 0.3 is 0 Å². The molecule has 0 aliphatic carbocycles. The van der Waals surface area contributed by atoms with Crippen LogP contribution in [0.5, 0.6) is 5.88 Å². The van der Waals surface area contributed by atoms with Crippen LogP contribution in [0.15, 0.2) is 34.4 Å². The molecule has 0 aromatic carbocycles. The van der Waals surface area contributed by atoms with Gasteiger partial charge in [-0.3, -0.25) is 4.99 Å². The van der Waals surface area contributed by atoms with E-state index in [0.717, 1.165) is 11.5 Å². The Morgan fingerprint density at radius 2 is 2.18 bits per heavy atom. The van der Waals surface area contributed by atoms with Gasteiger partial charge in [0.25, 0.3) is 0 Å². The quantitative estimate of drug-likeness (QED) is 0.870. The number of amidine groups is 1. The molecule has 0 fully saturated rings. The molecule has 0 spiro atoms. The van der Waals surface area contributed by atoms with Crippen LogP contribution in [-0.2, 0) is 0 Å². The number of likely N-dealkylation sites (N-methyl/N-ethyl adjacent to an activating group) is 1. The number of anilines is 1. The van der Waals surface area contributed by atoms with E-state index in [1.807, 2.05) is 33.2 Å². The highest BCUT2D eigenvalue weighted by atomic mass is 35.5. The molecule has 1 aromatic rings. The summed E-state index contributed by atoms with van der Waals surface area (Å²) >= 11 is 5.97. The van der Waals surface area contributed by atoms with Crippen LogP contribution in [0.4, 0.5) is 5.69 Å². The molecule has 7 heteroatoms. The highest BCUT2D eigenvalue weighted by molar-refractivity contribution is 6.29. The Balaban J connectivity index is 1.87. The van der Waals surface area contributed by atoms with Crippen molar-refractivity contribution in [3.8, 4) is 5.88 Å². The summed E-state index contributed by atoms with van der Waals surface area (Å²) in [6, 6.07) is 3.72. The predicted molar refractivity (Wildman–Crippen MR) is 89.0 cm³/mol. The molecule has 1 N–H and O–H groups in total. The Morgan fingerprint density at radius 1 is 1.36 bits per heavy atom. The second-order valence-electron chi connectivity index (χ2n) is 5.50. The third-order valence-corrected chi connectivity index (χ3v) is 3.64. The van der Waals surface area contributed by atoms with Crippen molar-refractivity contribution in [1.29, 1.82) is 0 Å². The maximum absolute atomic E-state index is 5.97. The number of halogens is 1. The van der Waals surface area contributed by atoms with E-state index in [1.54, 1.807) is 12.4 Å². The summed E-state index contributed by atoms with van der Waals surface area (Å²) in [6.45, 7) is 3.89. The van der Waals surface area contributed by atoms with Gasteiger partial charge in [0.1, 0.15) is 29.1 Å². The predicted octanol–water partition coefficient (Wildman–Crippen LogP) is 2.57. The second kappa shape index (κ2) is 5.96. The fourth-order valence-corrected chi connectivity index (χ4v) is 2.61. The molecule has 2 atom stereocenters. The smallest absolute Gasteiger partial charge is 0.239 e. The van der Waals surface area contributed by atoms with Crippen LogP contribution < -0.4 is 10.1 Å². The molecule has 116 valence electrons. The maximum atomic E-state index is 5.97. The molecule has 3 rings (SSSR count). The Hall–Kier alpha value is -2.08. The van der Waals surface area contributed by atoms with E-state index in [9.17, 15) is 0 Å². The van der Waals surface area contributed by atoms with Crippen LogP contribution in [-0.4, -0.2) is 47.3 Å². The van der Waals surface area contributed by atoms with E-state index in [2.05, 4.69) is 31.3 Å². The zero-order chi connectivity index (χ0) is 15.7. The molecule has 2 aliphatic heterocycles. The van der Waals surface area contributed by atoms with Crippen molar-refractivity contribution in [2.75, 3.05) is 12.4 Å². The summed E-state index contributed by atoms with van der Waals surface area (Å²) < 4.78 is 5.73. The van der Waals surface area contributed by atoms with Gasteiger partial charge in [-0.15, -0.1) is 0 Å². The van der Waals surface area contributed by atoms with Crippen LogP contribution >= 0.6 is 11.6 Å². The Morgan fingerprint density at radius 3 is 2.95 bits per heavy atom. The van der Waals surface area contributed by atoms with E-state index in [0.29, 0.717) is 11.0 Å². The molecule has 0 saturated carbocycles. The van der Waals surface area contributed by atoms with Crippen LogP contribution in [0.1, 0.15) is 13.8 Å². The summed E-state index contributed by atoms with van der Waals surface area (Å²) in [4.78, 5) is 15.1. The zero-order valence-corrected chi connectivity index (χ0v) is 13.4. The van der Waals surface area contributed by atoms with E-state index in [-0.39, 0.29) is 18.2 Å². The van der Waals surface area contributed by atoms with Gasteiger partial charge in [-0.25, -0.2) is 4.99 Å². The largest absolute Gasteiger partial charge is 0.473 e. The Labute approximate surface area is 134 Å². The van der Waals surface area contributed by atoms with Gasteiger partial charge in [-0.05, 0) is 38.3 Å². The second-order valence-corrected chi connectivity index (χ2v) is 5.89. The van der Waals surface area contributed by atoms with Crippen molar-refractivity contribution < 1.29 is 4.74 Å². The minimum absolute atomic E-state index is 0.00458. The number of aliphatic imine (C=N–C) groups is 2. The molecule has 0 amide bonds. The lowest BCUT2D eigenvalue weighted by Gasteiger charge is -2.28. The Bertz CT molecular complexity index is 655. The van der Waals surface area contributed by atoms with Crippen molar-refractivity contribution >= 4 is 29.5 Å². The van der Waals surface area contributed by atoms with Crippen molar-refractivity contribution in [2.24, 2.45) is 9.98 Å². The maximum Gasteiger partial charge on any atom is 0.239 e. The first-order valence-electron chi connectivity index (χ1n) is 7.14. The number of fused-ring (bicyclic) bond motifs is 1. The third kappa shape index (κ3) is 2.92. The number of pyridine rings is 1. The molecule has 0 bridgehead atoms. The third-order valence-electron chi connectivity index (χ3n) is 3.43.